The van der Waals surface area contributed by atoms with Crippen LogP contribution in [0.5, 0.6) is 0 Å². The Bertz CT molecular complexity index is 1330. The second-order valence-corrected chi connectivity index (χ2v) is 9.26. The maximum Gasteiger partial charge on any atom is 0.404 e. The standard InChI is InChI=1S/C22H30N6O13/c1-2-7-5-28(12(7)20(36)37)18(35)11(26-17(34)10(23)13(31)8(29)6-40-21(24)38)16-14(32)15(33)19(41-16)27-4-3-9(30)25-22(27)39/h2-4,8,10-16,19,29,31-33H,5-6,23H2,1H3,(H2,24,38)(H,26,34)(H,36,37)(H,25,30,39)/b7-2+/t8-,10-,11-,12-,13+,14-,15+,16+,19+/m0/s1. The molecule has 1 aromatic rings. The smallest absolute Gasteiger partial charge is 0.404 e. The zero-order valence-corrected chi connectivity index (χ0v) is 21.4. The molecule has 2 saturated heterocycles. The number of H-pyrrole nitrogens is 1. The van der Waals surface area contributed by atoms with E-state index in [0.29, 0.717) is 10.1 Å². The minimum absolute atomic E-state index is 0.176. The van der Waals surface area contributed by atoms with Crippen LogP contribution in [0.3, 0.4) is 0 Å². The number of carbonyl (C=O) groups excluding carboxylic acids is 3. The first-order valence-electron chi connectivity index (χ1n) is 12.0. The number of nitrogens with two attached hydrogens (primary N) is 2. The fourth-order valence-electron chi connectivity index (χ4n) is 4.40. The SMILES string of the molecule is C/C=C1\CN(C(=O)[C@@H](NC(=O)[C@@H](N)[C@H](O)[C@@H](O)COC(N)=O)[C@H]2O[C@@H](n3ccc(=O)[nH]c3=O)[C@H](O)[C@@H]2O)[C@@H]1C(=O)O. The number of hydrogen-bond acceptors (Lipinski definition) is 13. The number of primary amides is 1. The molecule has 0 saturated carbocycles. The number of aliphatic carboxylic acids is 1. The van der Waals surface area contributed by atoms with E-state index in [0.717, 1.165) is 17.2 Å². The van der Waals surface area contributed by atoms with E-state index < -0.39 is 96.6 Å². The molecule has 41 heavy (non-hydrogen) atoms. The summed E-state index contributed by atoms with van der Waals surface area (Å²) in [6.45, 7) is 0.531. The molecular formula is C22H30N6O13. The van der Waals surface area contributed by atoms with E-state index in [4.69, 9.17) is 16.2 Å². The number of carboxylic acids is 1. The highest BCUT2D eigenvalue weighted by atomic mass is 16.6. The molecule has 19 nitrogen and oxygen atoms in total. The number of hydrogen-bond donors (Lipinski definition) is 9. The number of allylic oxidation sites excluding steroid dienone is 1. The van der Waals surface area contributed by atoms with Gasteiger partial charge >= 0.3 is 17.8 Å². The molecule has 1 aromatic heterocycles. The first-order valence-corrected chi connectivity index (χ1v) is 12.0. The molecule has 0 spiro atoms. The number of carbonyl (C=O) groups is 4. The number of ether oxygens (including phenoxy) is 2. The Kier molecular flexibility index (Phi) is 9.63. The molecule has 0 unspecified atom stereocenters. The molecule has 0 bridgehead atoms. The van der Waals surface area contributed by atoms with E-state index in [-0.39, 0.29) is 6.54 Å². The molecule has 9 atom stereocenters. The van der Waals surface area contributed by atoms with E-state index in [1.807, 2.05) is 4.98 Å². The molecule has 0 aromatic carbocycles. The fourth-order valence-corrected chi connectivity index (χ4v) is 4.40. The first kappa shape index (κ1) is 31.4. The van der Waals surface area contributed by atoms with Crippen molar-refractivity contribution in [1.29, 1.82) is 0 Å². The number of nitrogens with zero attached hydrogens (tertiary/aromatic N) is 2. The lowest BCUT2D eigenvalue weighted by molar-refractivity contribution is -0.157. The molecule has 2 aliphatic heterocycles. The summed E-state index contributed by atoms with van der Waals surface area (Å²) >= 11 is 0. The maximum absolute atomic E-state index is 13.5. The molecule has 3 amide bonds. The van der Waals surface area contributed by atoms with Gasteiger partial charge in [-0.3, -0.25) is 23.9 Å². The number of carboxylic acid groups (broad SMARTS) is 1. The second kappa shape index (κ2) is 12.6. The first-order chi connectivity index (χ1) is 19.2. The summed E-state index contributed by atoms with van der Waals surface area (Å²) in [6, 6.07) is -4.44. The summed E-state index contributed by atoms with van der Waals surface area (Å²) in [5, 5.41) is 53.3. The average Bonchev–Trinajstić information content (AvgIpc) is 3.17. The summed E-state index contributed by atoms with van der Waals surface area (Å²) < 4.78 is 10.7. The Morgan fingerprint density at radius 2 is 1.90 bits per heavy atom. The van der Waals surface area contributed by atoms with Gasteiger partial charge in [-0.1, -0.05) is 6.08 Å². The number of aromatic amines is 1. The number of amides is 3. The van der Waals surface area contributed by atoms with Crippen molar-refractivity contribution in [2.24, 2.45) is 11.5 Å². The molecule has 0 radical (unpaired) electrons. The Balaban J connectivity index is 1.92. The van der Waals surface area contributed by atoms with Crippen molar-refractivity contribution in [2.45, 2.75) is 61.8 Å². The van der Waals surface area contributed by atoms with Crippen molar-refractivity contribution >= 4 is 23.9 Å². The van der Waals surface area contributed by atoms with Crippen LogP contribution in [0.15, 0.2) is 33.5 Å². The van der Waals surface area contributed by atoms with Gasteiger partial charge in [-0.25, -0.2) is 14.4 Å². The third-order valence-electron chi connectivity index (χ3n) is 6.66. The quantitative estimate of drug-likeness (QED) is 0.115. The number of likely N-dealkylation sites (tertiary alicyclic amines) is 1. The maximum atomic E-state index is 13.5. The zero-order valence-electron chi connectivity index (χ0n) is 21.4. The lowest BCUT2D eigenvalue weighted by atomic mass is 9.92. The Hall–Kier alpha value is -4.14. The van der Waals surface area contributed by atoms with Gasteiger partial charge in [-0.15, -0.1) is 0 Å². The van der Waals surface area contributed by atoms with Gasteiger partial charge < -0.3 is 56.7 Å². The van der Waals surface area contributed by atoms with Crippen molar-refractivity contribution in [2.75, 3.05) is 13.2 Å². The predicted octanol–water partition coefficient (Wildman–Crippen LogP) is -5.97. The number of aliphatic hydroxyl groups excluding tert-OH is 4. The monoisotopic (exact) mass is 586 g/mol. The van der Waals surface area contributed by atoms with Crippen LogP contribution in [-0.2, 0) is 23.9 Å². The van der Waals surface area contributed by atoms with Gasteiger partial charge in [0.05, 0.1) is 0 Å². The van der Waals surface area contributed by atoms with Crippen LogP contribution in [0.2, 0.25) is 0 Å². The number of rotatable bonds is 10. The topological polar surface area (TPSA) is 310 Å². The fraction of sp³-hybridized carbons (Fsp3) is 0.545. The molecule has 0 aliphatic carbocycles. The van der Waals surface area contributed by atoms with E-state index in [9.17, 15) is 54.3 Å². The third kappa shape index (κ3) is 6.45. The number of aliphatic hydroxyl groups is 4. The highest BCUT2D eigenvalue weighted by Crippen LogP contribution is 2.33. The molecule has 2 aliphatic rings. The van der Waals surface area contributed by atoms with Crippen molar-refractivity contribution in [3.8, 4) is 0 Å². The van der Waals surface area contributed by atoms with Crippen LogP contribution >= 0.6 is 0 Å². The van der Waals surface area contributed by atoms with Gasteiger partial charge in [0.1, 0.15) is 49.2 Å². The van der Waals surface area contributed by atoms with Gasteiger partial charge in [-0.2, -0.15) is 0 Å². The molecule has 19 heteroatoms. The van der Waals surface area contributed by atoms with Crippen LogP contribution in [0.25, 0.3) is 0 Å². The summed E-state index contributed by atoms with van der Waals surface area (Å²) in [5.41, 5.74) is 9.05. The predicted molar refractivity (Wildman–Crippen MR) is 132 cm³/mol. The highest BCUT2D eigenvalue weighted by molar-refractivity contribution is 5.95. The Morgan fingerprint density at radius 3 is 2.46 bits per heavy atom. The lowest BCUT2D eigenvalue weighted by Gasteiger charge is -2.43. The van der Waals surface area contributed by atoms with Crippen LogP contribution in [-0.4, -0.2) is 126 Å². The molecule has 3 heterocycles. The van der Waals surface area contributed by atoms with Crippen LogP contribution in [0, 0.1) is 0 Å². The van der Waals surface area contributed by atoms with Crippen LogP contribution in [0.4, 0.5) is 4.79 Å². The molecule has 2 fully saturated rings. The number of aromatic nitrogens is 2. The second-order valence-electron chi connectivity index (χ2n) is 9.26. The van der Waals surface area contributed by atoms with Crippen molar-refractivity contribution < 1.29 is 54.2 Å². The summed E-state index contributed by atoms with van der Waals surface area (Å²) in [6.07, 6.45) is -10.2. The zero-order chi connectivity index (χ0) is 30.8. The largest absolute Gasteiger partial charge is 0.479 e. The van der Waals surface area contributed by atoms with Gasteiger partial charge in [0, 0.05) is 18.8 Å². The summed E-state index contributed by atoms with van der Waals surface area (Å²) in [4.78, 5) is 75.5. The lowest BCUT2D eigenvalue weighted by Crippen LogP contribution is -2.67. The van der Waals surface area contributed by atoms with E-state index >= 15 is 0 Å². The van der Waals surface area contributed by atoms with E-state index in [2.05, 4.69) is 10.1 Å². The molecule has 11 N–H and O–H groups in total. The molecule has 3 rings (SSSR count). The van der Waals surface area contributed by atoms with E-state index in [1.54, 1.807) is 6.92 Å². The minimum Gasteiger partial charge on any atom is -0.479 e. The van der Waals surface area contributed by atoms with Gasteiger partial charge in [0.25, 0.3) is 5.56 Å². The molecule has 226 valence electrons. The van der Waals surface area contributed by atoms with Crippen molar-refractivity contribution in [1.82, 2.24) is 19.8 Å². The summed E-state index contributed by atoms with van der Waals surface area (Å²) in [7, 11) is 0. The normalized spacial score (nSPS) is 27.8. The Morgan fingerprint density at radius 1 is 1.24 bits per heavy atom. The number of nitrogens with one attached hydrogen (secondary N) is 2. The minimum atomic E-state index is -2.07. The highest BCUT2D eigenvalue weighted by Gasteiger charge is 2.53. The summed E-state index contributed by atoms with van der Waals surface area (Å²) in [5.74, 6) is -3.80. The van der Waals surface area contributed by atoms with Crippen molar-refractivity contribution in [3.05, 3.63) is 44.8 Å². The van der Waals surface area contributed by atoms with E-state index in [1.165, 1.54) is 6.08 Å². The molecular weight excluding hydrogens is 556 g/mol. The van der Waals surface area contributed by atoms with Gasteiger partial charge in [0.2, 0.25) is 11.8 Å². The van der Waals surface area contributed by atoms with Gasteiger partial charge in [0.15, 0.2) is 12.3 Å². The third-order valence-corrected chi connectivity index (χ3v) is 6.66. The van der Waals surface area contributed by atoms with Crippen LogP contribution < -0.4 is 28.0 Å². The van der Waals surface area contributed by atoms with Crippen molar-refractivity contribution in [3.63, 3.8) is 0 Å². The van der Waals surface area contributed by atoms with Crippen LogP contribution in [0.1, 0.15) is 13.2 Å². The Labute approximate surface area is 229 Å². The average molecular weight is 587 g/mol. The van der Waals surface area contributed by atoms with Gasteiger partial charge in [-0.05, 0) is 12.5 Å².